The second-order valence-electron chi connectivity index (χ2n) is 4.87. The summed E-state index contributed by atoms with van der Waals surface area (Å²) in [5.74, 6) is 0. The molecule has 1 N–H and O–H groups in total. The summed E-state index contributed by atoms with van der Waals surface area (Å²) >= 11 is 3.40. The van der Waals surface area contributed by atoms with Gasteiger partial charge >= 0.3 is 5.69 Å². The third-order valence-corrected chi connectivity index (χ3v) is 4.03. The topological polar surface area (TPSA) is 37.8 Å². The molecule has 1 heterocycles. The summed E-state index contributed by atoms with van der Waals surface area (Å²) in [6.07, 6.45) is 2.85. The van der Waals surface area contributed by atoms with E-state index < -0.39 is 0 Å². The molecule has 0 aliphatic heterocycles. The van der Waals surface area contributed by atoms with Gasteiger partial charge in [0.2, 0.25) is 0 Å². The average Bonchev–Trinajstić information content (AvgIpc) is 2.90. The second-order valence-corrected chi connectivity index (χ2v) is 5.79. The first kappa shape index (κ1) is 13.9. The molecule has 1 aromatic heterocycles. The Morgan fingerprint density at radius 2 is 1.71 bits per heavy atom. The van der Waals surface area contributed by atoms with E-state index in [1.54, 1.807) is 4.57 Å². The van der Waals surface area contributed by atoms with E-state index in [9.17, 15) is 4.79 Å². The average molecular weight is 343 g/mol. The van der Waals surface area contributed by atoms with Crippen molar-refractivity contribution in [2.75, 3.05) is 0 Å². The lowest BCUT2D eigenvalue weighted by molar-refractivity contribution is 0.987. The number of hydrogen-bond acceptors (Lipinski definition) is 1. The fourth-order valence-electron chi connectivity index (χ4n) is 2.26. The molecule has 4 heteroatoms. The Kier molecular flexibility index (Phi) is 3.80. The fourth-order valence-corrected chi connectivity index (χ4v) is 2.52. The van der Waals surface area contributed by atoms with Crippen molar-refractivity contribution in [2.24, 2.45) is 0 Å². The highest BCUT2D eigenvalue weighted by molar-refractivity contribution is 9.10. The molecule has 0 amide bonds. The van der Waals surface area contributed by atoms with Gasteiger partial charge in [0.15, 0.2) is 0 Å². The predicted molar refractivity (Wildman–Crippen MR) is 88.9 cm³/mol. The highest BCUT2D eigenvalue weighted by Gasteiger charge is 2.07. The minimum atomic E-state index is -0.133. The first-order valence-corrected chi connectivity index (χ1v) is 7.63. The van der Waals surface area contributed by atoms with Crippen LogP contribution in [0.1, 0.15) is 12.5 Å². The van der Waals surface area contributed by atoms with E-state index in [0.717, 1.165) is 27.8 Å². The van der Waals surface area contributed by atoms with E-state index in [1.807, 2.05) is 42.6 Å². The van der Waals surface area contributed by atoms with Crippen LogP contribution in [-0.4, -0.2) is 9.55 Å². The molecule has 0 radical (unpaired) electrons. The maximum absolute atomic E-state index is 12.1. The lowest BCUT2D eigenvalue weighted by atomic mass is 10.1. The van der Waals surface area contributed by atoms with Crippen molar-refractivity contribution in [1.82, 2.24) is 9.55 Å². The number of hydrogen-bond donors (Lipinski definition) is 1. The fraction of sp³-hybridized carbons (Fsp3) is 0.118. The molecule has 0 aliphatic carbocycles. The predicted octanol–water partition coefficient (Wildman–Crippen LogP) is 4.16. The Morgan fingerprint density at radius 3 is 2.33 bits per heavy atom. The van der Waals surface area contributed by atoms with E-state index in [-0.39, 0.29) is 5.69 Å². The van der Waals surface area contributed by atoms with Crippen molar-refractivity contribution in [1.29, 1.82) is 0 Å². The molecule has 21 heavy (non-hydrogen) atoms. The second kappa shape index (κ2) is 5.74. The lowest BCUT2D eigenvalue weighted by Gasteiger charge is -2.01. The van der Waals surface area contributed by atoms with E-state index in [4.69, 9.17) is 0 Å². The molecular weight excluding hydrogens is 328 g/mol. The van der Waals surface area contributed by atoms with Gasteiger partial charge in [0.1, 0.15) is 0 Å². The van der Waals surface area contributed by atoms with Gasteiger partial charge in [-0.25, -0.2) is 4.79 Å². The molecule has 2 aromatic carbocycles. The molecule has 3 rings (SSSR count). The number of H-pyrrole nitrogens is 1. The van der Waals surface area contributed by atoms with Crippen LogP contribution in [0.2, 0.25) is 0 Å². The van der Waals surface area contributed by atoms with Gasteiger partial charge in [0, 0.05) is 10.7 Å². The number of aryl methyl sites for hydroxylation is 1. The van der Waals surface area contributed by atoms with E-state index in [1.165, 1.54) is 5.56 Å². The maximum Gasteiger partial charge on any atom is 0.330 e. The van der Waals surface area contributed by atoms with Crippen LogP contribution >= 0.6 is 15.9 Å². The van der Waals surface area contributed by atoms with Gasteiger partial charge in [0.25, 0.3) is 0 Å². The summed E-state index contributed by atoms with van der Waals surface area (Å²) in [7, 11) is 0. The van der Waals surface area contributed by atoms with E-state index >= 15 is 0 Å². The van der Waals surface area contributed by atoms with Crippen molar-refractivity contribution in [3.63, 3.8) is 0 Å². The van der Waals surface area contributed by atoms with Crippen molar-refractivity contribution >= 4 is 15.9 Å². The van der Waals surface area contributed by atoms with Crippen molar-refractivity contribution in [3.05, 3.63) is 75.2 Å². The zero-order valence-electron chi connectivity index (χ0n) is 11.6. The molecular formula is C17H15BrN2O. The van der Waals surface area contributed by atoms with E-state index in [0.29, 0.717) is 0 Å². The summed E-state index contributed by atoms with van der Waals surface area (Å²) < 4.78 is 2.61. The minimum Gasteiger partial charge on any atom is -0.305 e. The molecule has 0 saturated heterocycles. The number of aromatic amines is 1. The van der Waals surface area contributed by atoms with Crippen LogP contribution in [0.4, 0.5) is 0 Å². The molecule has 0 aliphatic rings. The van der Waals surface area contributed by atoms with Crippen LogP contribution in [0.25, 0.3) is 16.9 Å². The zero-order valence-corrected chi connectivity index (χ0v) is 13.2. The van der Waals surface area contributed by atoms with Crippen LogP contribution < -0.4 is 5.69 Å². The first-order chi connectivity index (χ1) is 10.2. The Morgan fingerprint density at radius 1 is 1.05 bits per heavy atom. The molecule has 0 spiro atoms. The Hall–Kier alpha value is -2.07. The van der Waals surface area contributed by atoms with Gasteiger partial charge in [-0.3, -0.25) is 4.57 Å². The Balaban J connectivity index is 2.00. The maximum atomic E-state index is 12.1. The largest absolute Gasteiger partial charge is 0.330 e. The molecule has 0 bridgehead atoms. The van der Waals surface area contributed by atoms with Crippen molar-refractivity contribution in [2.45, 2.75) is 13.3 Å². The Bertz CT molecular complexity index is 798. The molecule has 106 valence electrons. The number of benzene rings is 2. The smallest absolute Gasteiger partial charge is 0.305 e. The number of nitrogens with zero attached hydrogens (tertiary/aromatic N) is 1. The summed E-state index contributed by atoms with van der Waals surface area (Å²) in [5, 5.41) is 0. The van der Waals surface area contributed by atoms with Gasteiger partial charge in [-0.2, -0.15) is 0 Å². The monoisotopic (exact) mass is 342 g/mol. The van der Waals surface area contributed by atoms with Gasteiger partial charge in [-0.15, -0.1) is 0 Å². The van der Waals surface area contributed by atoms with Gasteiger partial charge < -0.3 is 4.98 Å². The van der Waals surface area contributed by atoms with Crippen LogP contribution in [-0.2, 0) is 6.42 Å². The summed E-state index contributed by atoms with van der Waals surface area (Å²) in [4.78, 5) is 15.0. The zero-order chi connectivity index (χ0) is 14.8. The summed E-state index contributed by atoms with van der Waals surface area (Å²) in [5.41, 5.74) is 3.84. The number of aromatic nitrogens is 2. The van der Waals surface area contributed by atoms with Crippen LogP contribution in [0.3, 0.4) is 0 Å². The Labute approximate surface area is 131 Å². The van der Waals surface area contributed by atoms with Crippen LogP contribution in [0, 0.1) is 0 Å². The minimum absolute atomic E-state index is 0.133. The highest BCUT2D eigenvalue weighted by atomic mass is 79.9. The normalized spacial score (nSPS) is 10.8. The number of imidazole rings is 1. The third-order valence-electron chi connectivity index (χ3n) is 3.50. The molecule has 3 aromatic rings. The standard InChI is InChI=1S/C17H15BrN2O/c1-2-12-3-5-13(6-4-12)16-11-20(17(21)19-16)15-9-7-14(18)8-10-15/h3-11H,2H2,1H3,(H,19,21). The van der Waals surface area contributed by atoms with Gasteiger partial charge in [0.05, 0.1) is 11.4 Å². The number of nitrogens with one attached hydrogen (secondary N) is 1. The molecule has 0 fully saturated rings. The highest BCUT2D eigenvalue weighted by Crippen LogP contribution is 2.19. The van der Waals surface area contributed by atoms with Crippen molar-refractivity contribution in [3.8, 4) is 16.9 Å². The third kappa shape index (κ3) is 2.85. The molecule has 0 unspecified atom stereocenters. The summed E-state index contributed by atoms with van der Waals surface area (Å²) in [6, 6.07) is 15.9. The number of rotatable bonds is 3. The van der Waals surface area contributed by atoms with Gasteiger partial charge in [-0.05, 0) is 41.8 Å². The van der Waals surface area contributed by atoms with E-state index in [2.05, 4.69) is 40.0 Å². The molecule has 3 nitrogen and oxygen atoms in total. The van der Waals surface area contributed by atoms with Crippen LogP contribution in [0.15, 0.2) is 64.0 Å². The lowest BCUT2D eigenvalue weighted by Crippen LogP contribution is -2.13. The van der Waals surface area contributed by atoms with Crippen molar-refractivity contribution < 1.29 is 0 Å². The first-order valence-electron chi connectivity index (χ1n) is 6.84. The van der Waals surface area contributed by atoms with Crippen LogP contribution in [0.5, 0.6) is 0 Å². The van der Waals surface area contributed by atoms with Gasteiger partial charge in [-0.1, -0.05) is 47.1 Å². The SMILES string of the molecule is CCc1ccc(-c2cn(-c3ccc(Br)cc3)c(=O)[nH]2)cc1. The quantitative estimate of drug-likeness (QED) is 0.762. The number of halogens is 1. The molecule has 0 saturated carbocycles. The summed E-state index contributed by atoms with van der Waals surface area (Å²) in [6.45, 7) is 2.13. The molecule has 0 atom stereocenters.